The molecule has 46 heavy (non-hydrogen) atoms. The first kappa shape index (κ1) is 29.3. The van der Waals surface area contributed by atoms with Crippen LogP contribution in [0.5, 0.6) is 0 Å². The Bertz CT molecular complexity index is 1710. The van der Waals surface area contributed by atoms with Crippen molar-refractivity contribution in [3.63, 3.8) is 0 Å². The number of hydrogen-bond acceptors (Lipinski definition) is 8. The van der Waals surface area contributed by atoms with Crippen molar-refractivity contribution in [3.05, 3.63) is 151 Å². The Hall–Kier alpha value is -5.38. The second-order valence-electron chi connectivity index (χ2n) is 11.9. The molecule has 1 aliphatic carbocycles. The zero-order valence-corrected chi connectivity index (χ0v) is 25.0. The van der Waals surface area contributed by atoms with E-state index in [0.29, 0.717) is 36.1 Å². The maximum absolute atomic E-state index is 11.9. The third-order valence-electron chi connectivity index (χ3n) is 9.19. The summed E-state index contributed by atoms with van der Waals surface area (Å²) in [6.07, 6.45) is 3.63. The van der Waals surface area contributed by atoms with Gasteiger partial charge in [0.2, 0.25) is 11.8 Å². The number of nitro groups is 2. The maximum atomic E-state index is 11.9. The molecule has 10 heteroatoms. The van der Waals surface area contributed by atoms with Crippen LogP contribution in [0.1, 0.15) is 83.0 Å². The standard InChI is InChI=1S/C36H32N4O6/c41-39(42)25-15-17-29(31(19-25)35-37-33(21-45-35)23-9-3-1-4-10-23)27-13-7-8-14-28(27)30-18-16-26(40(43)44)20-32(30)36-38-34(22-46-36)24-11-5-2-6-12-24/h1-6,9-12,15-20,27-28,33-34H,7-8,13-14,21-22H2/t27-,28-,33+,34+/m1/s1. The van der Waals surface area contributed by atoms with Crippen molar-refractivity contribution in [1.29, 1.82) is 0 Å². The highest BCUT2D eigenvalue weighted by atomic mass is 16.6. The molecule has 3 aliphatic rings. The molecular formula is C36H32N4O6. The smallest absolute Gasteiger partial charge is 0.270 e. The van der Waals surface area contributed by atoms with Gasteiger partial charge in [0.05, 0.1) is 9.85 Å². The van der Waals surface area contributed by atoms with Gasteiger partial charge in [0, 0.05) is 35.4 Å². The van der Waals surface area contributed by atoms with Gasteiger partial charge in [-0.05, 0) is 46.9 Å². The fourth-order valence-corrected chi connectivity index (χ4v) is 6.94. The van der Waals surface area contributed by atoms with E-state index < -0.39 is 9.85 Å². The molecule has 2 aliphatic heterocycles. The molecule has 0 unspecified atom stereocenters. The highest BCUT2D eigenvalue weighted by Crippen LogP contribution is 2.48. The number of ether oxygens (including phenoxy) is 2. The molecule has 4 aromatic rings. The van der Waals surface area contributed by atoms with E-state index in [1.54, 1.807) is 24.3 Å². The van der Waals surface area contributed by atoms with Crippen molar-refractivity contribution in [2.24, 2.45) is 9.98 Å². The molecule has 1 saturated carbocycles. The van der Waals surface area contributed by atoms with E-state index in [0.717, 1.165) is 47.9 Å². The SMILES string of the molecule is O=[N+]([O-])c1ccc([C@@H]2CCCC[C@H]2c2ccc([N+](=O)[O-])cc2C2=N[C@H](c3ccccc3)CO2)c(C2=N[C@H](c3ccccc3)CO2)c1. The van der Waals surface area contributed by atoms with Crippen LogP contribution in [0, 0.1) is 20.2 Å². The van der Waals surface area contributed by atoms with Gasteiger partial charge in [-0.3, -0.25) is 20.2 Å². The summed E-state index contributed by atoms with van der Waals surface area (Å²) in [7, 11) is 0. The Morgan fingerprint density at radius 2 is 1.00 bits per heavy atom. The molecule has 1 fully saturated rings. The lowest BCUT2D eigenvalue weighted by atomic mass is 9.70. The molecule has 0 saturated heterocycles. The van der Waals surface area contributed by atoms with E-state index in [1.807, 2.05) is 72.8 Å². The van der Waals surface area contributed by atoms with E-state index in [9.17, 15) is 20.2 Å². The fraction of sp³-hybridized carbons (Fsp3) is 0.278. The van der Waals surface area contributed by atoms with Crippen LogP contribution in [-0.2, 0) is 9.47 Å². The topological polar surface area (TPSA) is 129 Å². The summed E-state index contributed by atoms with van der Waals surface area (Å²) in [5, 5.41) is 23.8. The van der Waals surface area contributed by atoms with Gasteiger partial charge >= 0.3 is 0 Å². The Morgan fingerprint density at radius 3 is 1.39 bits per heavy atom. The van der Waals surface area contributed by atoms with Gasteiger partial charge in [0.25, 0.3) is 11.4 Å². The molecule has 4 atom stereocenters. The molecule has 0 N–H and O–H groups in total. The normalized spacial score (nSPS) is 22.3. The lowest BCUT2D eigenvalue weighted by Crippen LogP contribution is -2.21. The Labute approximate surface area is 265 Å². The first-order valence-corrected chi connectivity index (χ1v) is 15.5. The van der Waals surface area contributed by atoms with E-state index in [2.05, 4.69) is 0 Å². The zero-order valence-electron chi connectivity index (χ0n) is 25.0. The van der Waals surface area contributed by atoms with Crippen LogP contribution in [-0.4, -0.2) is 34.9 Å². The first-order valence-electron chi connectivity index (χ1n) is 15.5. The Morgan fingerprint density at radius 1 is 0.587 bits per heavy atom. The highest BCUT2D eigenvalue weighted by molar-refractivity contribution is 5.98. The van der Waals surface area contributed by atoms with Gasteiger partial charge < -0.3 is 9.47 Å². The molecule has 0 amide bonds. The first-order chi connectivity index (χ1) is 22.5. The summed E-state index contributed by atoms with van der Waals surface area (Å²) in [6.45, 7) is 0.698. The lowest BCUT2D eigenvalue weighted by molar-refractivity contribution is -0.385. The highest BCUT2D eigenvalue weighted by Gasteiger charge is 2.36. The van der Waals surface area contributed by atoms with Crippen LogP contribution < -0.4 is 0 Å². The average molecular weight is 617 g/mol. The van der Waals surface area contributed by atoms with Crippen LogP contribution >= 0.6 is 0 Å². The van der Waals surface area contributed by atoms with Crippen molar-refractivity contribution in [1.82, 2.24) is 0 Å². The minimum Gasteiger partial charge on any atom is -0.475 e. The van der Waals surface area contributed by atoms with Crippen molar-refractivity contribution in [2.45, 2.75) is 49.6 Å². The van der Waals surface area contributed by atoms with Crippen molar-refractivity contribution in [3.8, 4) is 0 Å². The van der Waals surface area contributed by atoms with Gasteiger partial charge in [-0.15, -0.1) is 0 Å². The summed E-state index contributed by atoms with van der Waals surface area (Å²) < 4.78 is 12.3. The average Bonchev–Trinajstić information content (AvgIpc) is 3.80. The van der Waals surface area contributed by atoms with Crippen LogP contribution in [0.3, 0.4) is 0 Å². The van der Waals surface area contributed by atoms with Crippen molar-refractivity contribution < 1.29 is 19.3 Å². The number of nitrogens with zero attached hydrogens (tertiary/aromatic N) is 4. The molecular weight excluding hydrogens is 584 g/mol. The molecule has 10 nitrogen and oxygen atoms in total. The zero-order chi connectivity index (χ0) is 31.6. The third-order valence-corrected chi connectivity index (χ3v) is 9.19. The van der Waals surface area contributed by atoms with E-state index in [1.165, 1.54) is 0 Å². The molecule has 7 rings (SSSR count). The van der Waals surface area contributed by atoms with Crippen LogP contribution in [0.4, 0.5) is 11.4 Å². The second kappa shape index (κ2) is 12.5. The number of hydrogen-bond donors (Lipinski definition) is 0. The number of rotatable bonds is 8. The van der Waals surface area contributed by atoms with Gasteiger partial charge in [-0.25, -0.2) is 9.98 Å². The second-order valence-corrected chi connectivity index (χ2v) is 11.9. The monoisotopic (exact) mass is 616 g/mol. The number of benzene rings is 4. The molecule has 0 aromatic heterocycles. The van der Waals surface area contributed by atoms with Crippen molar-refractivity contribution >= 4 is 23.2 Å². The summed E-state index contributed by atoms with van der Waals surface area (Å²) in [5.41, 5.74) is 5.04. The summed E-state index contributed by atoms with van der Waals surface area (Å²) in [5.74, 6) is 0.711. The minimum absolute atomic E-state index is 0.0303. The molecule has 0 spiro atoms. The van der Waals surface area contributed by atoms with Crippen LogP contribution in [0.2, 0.25) is 0 Å². The van der Waals surface area contributed by atoms with Crippen molar-refractivity contribution in [2.75, 3.05) is 13.2 Å². The predicted octanol–water partition coefficient (Wildman–Crippen LogP) is 7.98. The number of nitro benzene ring substituents is 2. The Balaban J connectivity index is 1.31. The minimum atomic E-state index is -0.400. The molecule has 4 aromatic carbocycles. The molecule has 0 radical (unpaired) electrons. The van der Waals surface area contributed by atoms with Gasteiger partial charge in [0.1, 0.15) is 25.3 Å². The number of non-ortho nitro benzene ring substituents is 2. The van der Waals surface area contributed by atoms with Crippen LogP contribution in [0.15, 0.2) is 107 Å². The maximum Gasteiger partial charge on any atom is 0.270 e. The third kappa shape index (κ3) is 5.74. The summed E-state index contributed by atoms with van der Waals surface area (Å²) >= 11 is 0. The molecule has 0 bridgehead atoms. The summed E-state index contributed by atoms with van der Waals surface area (Å²) in [4.78, 5) is 32.7. The predicted molar refractivity (Wildman–Crippen MR) is 173 cm³/mol. The van der Waals surface area contributed by atoms with Gasteiger partial charge in [0.15, 0.2) is 0 Å². The van der Waals surface area contributed by atoms with E-state index >= 15 is 0 Å². The van der Waals surface area contributed by atoms with E-state index in [-0.39, 0.29) is 35.3 Å². The largest absolute Gasteiger partial charge is 0.475 e. The quantitative estimate of drug-likeness (QED) is 0.146. The van der Waals surface area contributed by atoms with Gasteiger partial charge in [-0.2, -0.15) is 0 Å². The lowest BCUT2D eigenvalue weighted by Gasteiger charge is -2.34. The number of aliphatic imine (C=N–C) groups is 2. The Kier molecular flexibility index (Phi) is 8.00. The van der Waals surface area contributed by atoms with Crippen LogP contribution in [0.25, 0.3) is 0 Å². The van der Waals surface area contributed by atoms with Gasteiger partial charge in [-0.1, -0.05) is 85.6 Å². The summed E-state index contributed by atoms with van der Waals surface area (Å²) in [6, 6.07) is 29.2. The van der Waals surface area contributed by atoms with E-state index in [4.69, 9.17) is 19.5 Å². The fourth-order valence-electron chi connectivity index (χ4n) is 6.94. The molecule has 232 valence electrons. The molecule has 2 heterocycles.